The van der Waals surface area contributed by atoms with Gasteiger partial charge in [-0.05, 0) is 6.42 Å². The highest BCUT2D eigenvalue weighted by Gasteiger charge is 2.14. The zero-order valence-electron chi connectivity index (χ0n) is 15.2. The van der Waals surface area contributed by atoms with Gasteiger partial charge in [0.2, 0.25) is 0 Å². The fourth-order valence-electron chi connectivity index (χ4n) is 2.96. The molecule has 0 radical (unpaired) electrons. The Morgan fingerprint density at radius 3 is 1.43 bits per heavy atom. The Balaban J connectivity index is 3.14. The zero-order valence-corrected chi connectivity index (χ0v) is 15.2. The topological polar surface area (TPSA) is 61.1 Å². The van der Waals surface area contributed by atoms with Crippen LogP contribution in [0.2, 0.25) is 0 Å². The summed E-state index contributed by atoms with van der Waals surface area (Å²) >= 11 is 0. The molecule has 23 heavy (non-hydrogen) atoms. The molecule has 0 amide bonds. The average molecular weight is 324 g/mol. The van der Waals surface area contributed by atoms with Gasteiger partial charge in [-0.3, -0.25) is 4.79 Å². The molecule has 0 aliphatic carbocycles. The van der Waals surface area contributed by atoms with Crippen LogP contribution < -0.4 is 0 Å². The van der Waals surface area contributed by atoms with Crippen LogP contribution in [0.25, 0.3) is 0 Å². The van der Waals surface area contributed by atoms with Crippen LogP contribution in [0.1, 0.15) is 110 Å². The SMILES string of the molecule is CCCCCCCCCCCCCCCCCC(C#N)C(=O)O. The van der Waals surface area contributed by atoms with Gasteiger partial charge in [-0.25, -0.2) is 0 Å². The highest BCUT2D eigenvalue weighted by molar-refractivity contribution is 5.72. The van der Waals surface area contributed by atoms with Crippen LogP contribution in [0.4, 0.5) is 0 Å². The van der Waals surface area contributed by atoms with Crippen LogP contribution in [0.15, 0.2) is 0 Å². The van der Waals surface area contributed by atoms with Gasteiger partial charge < -0.3 is 5.11 Å². The lowest BCUT2D eigenvalue weighted by Crippen LogP contribution is -2.10. The normalized spacial score (nSPS) is 12.0. The Hall–Kier alpha value is -1.04. The summed E-state index contributed by atoms with van der Waals surface area (Å²) in [6, 6.07) is 1.85. The van der Waals surface area contributed by atoms with Crippen molar-refractivity contribution in [2.24, 2.45) is 5.92 Å². The third-order valence-electron chi connectivity index (χ3n) is 4.55. The summed E-state index contributed by atoms with van der Waals surface area (Å²) in [7, 11) is 0. The summed E-state index contributed by atoms with van der Waals surface area (Å²) in [6.07, 6.45) is 20.0. The van der Waals surface area contributed by atoms with E-state index in [9.17, 15) is 4.79 Å². The first-order chi connectivity index (χ1) is 11.2. The molecule has 1 atom stereocenters. The van der Waals surface area contributed by atoms with E-state index in [1.54, 1.807) is 0 Å². The number of hydrogen-bond donors (Lipinski definition) is 1. The molecule has 0 heterocycles. The molecule has 0 saturated carbocycles. The molecule has 0 rings (SSSR count). The maximum absolute atomic E-state index is 10.7. The quantitative estimate of drug-likeness (QED) is 0.312. The van der Waals surface area contributed by atoms with E-state index in [-0.39, 0.29) is 0 Å². The predicted molar refractivity (Wildman–Crippen MR) is 96.3 cm³/mol. The van der Waals surface area contributed by atoms with Gasteiger partial charge in [-0.1, -0.05) is 103 Å². The number of carbonyl (C=O) groups is 1. The van der Waals surface area contributed by atoms with E-state index in [0.717, 1.165) is 12.8 Å². The standard InChI is InChI=1S/C20H37NO2/c1-2-3-4-5-6-7-8-9-10-11-12-13-14-15-16-17-19(18-21)20(22)23/h19H,2-17H2,1H3,(H,22,23). The molecule has 0 aromatic heterocycles. The van der Waals surface area contributed by atoms with Gasteiger partial charge in [0.1, 0.15) is 5.92 Å². The van der Waals surface area contributed by atoms with Gasteiger partial charge in [-0.2, -0.15) is 5.26 Å². The van der Waals surface area contributed by atoms with Crippen LogP contribution in [0.3, 0.4) is 0 Å². The van der Waals surface area contributed by atoms with Crippen molar-refractivity contribution in [2.75, 3.05) is 0 Å². The second-order valence-electron chi connectivity index (χ2n) is 6.76. The van der Waals surface area contributed by atoms with Crippen molar-refractivity contribution in [3.8, 4) is 6.07 Å². The zero-order chi connectivity index (χ0) is 17.2. The lowest BCUT2D eigenvalue weighted by molar-refractivity contribution is -0.140. The van der Waals surface area contributed by atoms with E-state index in [1.807, 2.05) is 6.07 Å². The van der Waals surface area contributed by atoms with Crippen LogP contribution in [-0.2, 0) is 4.79 Å². The van der Waals surface area contributed by atoms with Crippen molar-refractivity contribution in [1.82, 2.24) is 0 Å². The van der Waals surface area contributed by atoms with Crippen molar-refractivity contribution in [2.45, 2.75) is 110 Å². The van der Waals surface area contributed by atoms with Crippen molar-refractivity contribution in [1.29, 1.82) is 5.26 Å². The summed E-state index contributed by atoms with van der Waals surface area (Å²) in [5.74, 6) is -1.78. The molecule has 1 unspecified atom stereocenters. The minimum absolute atomic E-state index is 0.504. The van der Waals surface area contributed by atoms with Crippen LogP contribution in [0, 0.1) is 17.2 Å². The Morgan fingerprint density at radius 1 is 0.783 bits per heavy atom. The number of nitrogens with zero attached hydrogens (tertiary/aromatic N) is 1. The number of rotatable bonds is 17. The molecule has 0 saturated heterocycles. The first-order valence-corrected chi connectivity index (χ1v) is 9.84. The minimum atomic E-state index is -0.974. The Morgan fingerprint density at radius 2 is 1.13 bits per heavy atom. The lowest BCUT2D eigenvalue weighted by Gasteiger charge is -2.04. The van der Waals surface area contributed by atoms with E-state index in [4.69, 9.17) is 10.4 Å². The molecule has 3 nitrogen and oxygen atoms in total. The van der Waals surface area contributed by atoms with Gasteiger partial charge >= 0.3 is 5.97 Å². The third-order valence-corrected chi connectivity index (χ3v) is 4.55. The first-order valence-electron chi connectivity index (χ1n) is 9.84. The number of carboxylic acids is 1. The average Bonchev–Trinajstić information content (AvgIpc) is 2.54. The summed E-state index contributed by atoms with van der Waals surface area (Å²) in [4.78, 5) is 10.7. The van der Waals surface area contributed by atoms with E-state index in [1.165, 1.54) is 83.5 Å². The number of aliphatic carboxylic acids is 1. The summed E-state index contributed by atoms with van der Waals surface area (Å²) < 4.78 is 0. The fraction of sp³-hybridized carbons (Fsp3) is 0.900. The van der Waals surface area contributed by atoms with Gasteiger partial charge in [0.15, 0.2) is 0 Å². The number of carboxylic acid groups (broad SMARTS) is 1. The fourth-order valence-corrected chi connectivity index (χ4v) is 2.96. The minimum Gasteiger partial charge on any atom is -0.480 e. The van der Waals surface area contributed by atoms with Crippen molar-refractivity contribution < 1.29 is 9.90 Å². The molecular formula is C20H37NO2. The maximum atomic E-state index is 10.7. The molecule has 0 fully saturated rings. The highest BCUT2D eigenvalue weighted by atomic mass is 16.4. The van der Waals surface area contributed by atoms with Crippen LogP contribution in [-0.4, -0.2) is 11.1 Å². The van der Waals surface area contributed by atoms with Gasteiger partial charge in [0.05, 0.1) is 6.07 Å². The molecule has 0 aliphatic heterocycles. The van der Waals surface area contributed by atoms with Crippen LogP contribution >= 0.6 is 0 Å². The van der Waals surface area contributed by atoms with E-state index in [2.05, 4.69) is 6.92 Å². The molecule has 134 valence electrons. The van der Waals surface area contributed by atoms with E-state index < -0.39 is 11.9 Å². The second-order valence-corrected chi connectivity index (χ2v) is 6.76. The molecule has 0 spiro atoms. The van der Waals surface area contributed by atoms with Crippen molar-refractivity contribution >= 4 is 5.97 Å². The van der Waals surface area contributed by atoms with Gasteiger partial charge in [0.25, 0.3) is 0 Å². The second kappa shape index (κ2) is 17.3. The highest BCUT2D eigenvalue weighted by Crippen LogP contribution is 2.15. The maximum Gasteiger partial charge on any atom is 0.320 e. The Kier molecular flexibility index (Phi) is 16.5. The number of nitriles is 1. The summed E-state index contributed by atoms with van der Waals surface area (Å²) in [5, 5.41) is 17.4. The lowest BCUT2D eigenvalue weighted by atomic mass is 10.0. The number of unbranched alkanes of at least 4 members (excludes halogenated alkanes) is 14. The molecule has 1 N–H and O–H groups in total. The molecule has 0 bridgehead atoms. The first kappa shape index (κ1) is 22.0. The van der Waals surface area contributed by atoms with Gasteiger partial charge in [0, 0.05) is 0 Å². The smallest absolute Gasteiger partial charge is 0.320 e. The Bertz CT molecular complexity index is 309. The van der Waals surface area contributed by atoms with Crippen LogP contribution in [0.5, 0.6) is 0 Å². The van der Waals surface area contributed by atoms with E-state index >= 15 is 0 Å². The third kappa shape index (κ3) is 15.6. The van der Waals surface area contributed by atoms with Crippen molar-refractivity contribution in [3.63, 3.8) is 0 Å². The molecule has 0 aliphatic rings. The predicted octanol–water partition coefficient (Wildman–Crippen LogP) is 6.47. The monoisotopic (exact) mass is 323 g/mol. The molecule has 3 heteroatoms. The van der Waals surface area contributed by atoms with E-state index in [0.29, 0.717) is 6.42 Å². The molecule has 0 aromatic carbocycles. The Labute approximate surface area is 143 Å². The molecule has 0 aromatic rings. The van der Waals surface area contributed by atoms with Gasteiger partial charge in [-0.15, -0.1) is 0 Å². The molecular weight excluding hydrogens is 286 g/mol. The number of hydrogen-bond acceptors (Lipinski definition) is 2. The summed E-state index contributed by atoms with van der Waals surface area (Å²) in [5.41, 5.74) is 0. The van der Waals surface area contributed by atoms with Crippen molar-refractivity contribution in [3.05, 3.63) is 0 Å². The summed E-state index contributed by atoms with van der Waals surface area (Å²) in [6.45, 7) is 2.26. The largest absolute Gasteiger partial charge is 0.480 e.